The minimum atomic E-state index is -0.178. The highest BCUT2D eigenvalue weighted by atomic mass is 16.5. The second-order valence-corrected chi connectivity index (χ2v) is 7.71. The number of ether oxygens (including phenoxy) is 3. The van der Waals surface area contributed by atoms with Gasteiger partial charge in [0.1, 0.15) is 0 Å². The second-order valence-electron chi connectivity index (χ2n) is 7.71. The molecule has 2 aliphatic heterocycles. The first kappa shape index (κ1) is 22.0. The fourth-order valence-electron chi connectivity index (χ4n) is 3.81. The number of nitrogens with one attached hydrogen (secondary N) is 2. The standard InChI is InChI=1S/C22H36N4O3/c1-3-23-21(25-18-22(27-2)8-12-28-13-9-22)24-16-19-6-4-5-7-20(19)17-26-10-14-29-15-11-26/h4-7H,3,8-18H2,1-2H3,(H2,23,24,25). The van der Waals surface area contributed by atoms with Gasteiger partial charge in [0.15, 0.2) is 5.96 Å². The molecule has 2 fully saturated rings. The number of morpholine rings is 1. The lowest BCUT2D eigenvalue weighted by atomic mass is 9.94. The van der Waals surface area contributed by atoms with Crippen LogP contribution >= 0.6 is 0 Å². The van der Waals surface area contributed by atoms with Crippen molar-refractivity contribution in [3.05, 3.63) is 35.4 Å². The van der Waals surface area contributed by atoms with Crippen molar-refractivity contribution in [2.45, 2.75) is 38.5 Å². The lowest BCUT2D eigenvalue weighted by Gasteiger charge is -2.36. The largest absolute Gasteiger partial charge is 0.381 e. The summed E-state index contributed by atoms with van der Waals surface area (Å²) in [4.78, 5) is 7.30. The van der Waals surface area contributed by atoms with E-state index in [1.54, 1.807) is 7.11 Å². The summed E-state index contributed by atoms with van der Waals surface area (Å²) in [7, 11) is 1.79. The molecule has 0 aliphatic carbocycles. The van der Waals surface area contributed by atoms with E-state index in [0.717, 1.165) is 78.0 Å². The quantitative estimate of drug-likeness (QED) is 0.509. The van der Waals surface area contributed by atoms with Gasteiger partial charge in [-0.3, -0.25) is 4.90 Å². The van der Waals surface area contributed by atoms with Crippen LogP contribution in [0.5, 0.6) is 0 Å². The van der Waals surface area contributed by atoms with E-state index in [2.05, 4.69) is 46.7 Å². The van der Waals surface area contributed by atoms with E-state index in [9.17, 15) is 0 Å². The molecule has 2 aliphatic rings. The monoisotopic (exact) mass is 404 g/mol. The zero-order valence-corrected chi connectivity index (χ0v) is 17.9. The number of guanidine groups is 1. The van der Waals surface area contributed by atoms with Gasteiger partial charge in [-0.1, -0.05) is 24.3 Å². The van der Waals surface area contributed by atoms with Crippen LogP contribution in [-0.2, 0) is 27.3 Å². The molecule has 7 heteroatoms. The van der Waals surface area contributed by atoms with Crippen molar-refractivity contribution in [2.24, 2.45) is 4.99 Å². The molecule has 0 radical (unpaired) electrons. The molecular weight excluding hydrogens is 368 g/mol. The number of hydrogen-bond acceptors (Lipinski definition) is 5. The van der Waals surface area contributed by atoms with E-state index in [0.29, 0.717) is 6.54 Å². The maximum absolute atomic E-state index is 5.83. The Bertz CT molecular complexity index is 641. The average Bonchev–Trinajstić information content (AvgIpc) is 2.78. The van der Waals surface area contributed by atoms with Crippen molar-refractivity contribution in [1.29, 1.82) is 0 Å². The Kier molecular flexibility index (Phi) is 8.73. The van der Waals surface area contributed by atoms with E-state index in [-0.39, 0.29) is 5.60 Å². The first-order valence-electron chi connectivity index (χ1n) is 10.8. The van der Waals surface area contributed by atoms with Gasteiger partial charge >= 0.3 is 0 Å². The van der Waals surface area contributed by atoms with Gasteiger partial charge < -0.3 is 24.8 Å². The number of aliphatic imine (C=N–C) groups is 1. The molecule has 1 aromatic rings. The number of hydrogen-bond donors (Lipinski definition) is 2. The van der Waals surface area contributed by atoms with Gasteiger partial charge in [0.05, 0.1) is 25.4 Å². The molecular formula is C22H36N4O3. The molecule has 0 atom stereocenters. The van der Waals surface area contributed by atoms with Crippen LogP contribution in [0.1, 0.15) is 30.9 Å². The third kappa shape index (κ3) is 6.67. The maximum Gasteiger partial charge on any atom is 0.191 e. The summed E-state index contributed by atoms with van der Waals surface area (Å²) in [5.74, 6) is 0.830. The molecule has 0 aromatic heterocycles. The van der Waals surface area contributed by atoms with Gasteiger partial charge in [-0.15, -0.1) is 0 Å². The highest BCUT2D eigenvalue weighted by Gasteiger charge is 2.32. The molecule has 2 saturated heterocycles. The predicted molar refractivity (Wildman–Crippen MR) is 115 cm³/mol. The van der Waals surface area contributed by atoms with Gasteiger partial charge in [0.2, 0.25) is 0 Å². The summed E-state index contributed by atoms with van der Waals surface area (Å²) in [6.45, 7) is 10.4. The Balaban J connectivity index is 1.62. The zero-order chi connectivity index (χ0) is 20.4. The molecule has 2 N–H and O–H groups in total. The van der Waals surface area contributed by atoms with Crippen LogP contribution in [0.25, 0.3) is 0 Å². The van der Waals surface area contributed by atoms with Gasteiger partial charge in [-0.05, 0) is 18.1 Å². The highest BCUT2D eigenvalue weighted by Crippen LogP contribution is 2.23. The van der Waals surface area contributed by atoms with E-state index in [1.165, 1.54) is 11.1 Å². The lowest BCUT2D eigenvalue weighted by Crippen LogP contribution is -2.50. The summed E-state index contributed by atoms with van der Waals surface area (Å²) >= 11 is 0. The summed E-state index contributed by atoms with van der Waals surface area (Å²) in [5, 5.41) is 6.84. The average molecular weight is 405 g/mol. The van der Waals surface area contributed by atoms with Crippen molar-refractivity contribution in [3.63, 3.8) is 0 Å². The fourth-order valence-corrected chi connectivity index (χ4v) is 3.81. The predicted octanol–water partition coefficient (Wildman–Crippen LogP) is 1.77. The molecule has 0 amide bonds. The van der Waals surface area contributed by atoms with Crippen molar-refractivity contribution in [1.82, 2.24) is 15.5 Å². The molecule has 3 rings (SSSR count). The zero-order valence-electron chi connectivity index (χ0n) is 17.9. The van der Waals surface area contributed by atoms with Crippen molar-refractivity contribution in [2.75, 3.05) is 59.7 Å². The van der Waals surface area contributed by atoms with E-state index in [1.807, 2.05) is 0 Å². The second kappa shape index (κ2) is 11.5. The van der Waals surface area contributed by atoms with Crippen LogP contribution in [0.3, 0.4) is 0 Å². The first-order valence-corrected chi connectivity index (χ1v) is 10.8. The maximum atomic E-state index is 5.83. The minimum Gasteiger partial charge on any atom is -0.381 e. The SMILES string of the molecule is CCNC(=NCc1ccccc1CN1CCOCC1)NCC1(OC)CCOCC1. The smallest absolute Gasteiger partial charge is 0.191 e. The molecule has 0 spiro atoms. The van der Waals surface area contributed by atoms with Gasteiger partial charge in [0, 0.05) is 65.9 Å². The molecule has 1 aromatic carbocycles. The third-order valence-electron chi connectivity index (χ3n) is 5.78. The summed E-state index contributed by atoms with van der Waals surface area (Å²) < 4.78 is 16.8. The molecule has 29 heavy (non-hydrogen) atoms. The molecule has 0 bridgehead atoms. The minimum absolute atomic E-state index is 0.178. The van der Waals surface area contributed by atoms with Crippen LogP contribution in [0.15, 0.2) is 29.3 Å². The van der Waals surface area contributed by atoms with Gasteiger partial charge in [-0.25, -0.2) is 4.99 Å². The van der Waals surface area contributed by atoms with Gasteiger partial charge in [0.25, 0.3) is 0 Å². The van der Waals surface area contributed by atoms with Crippen molar-refractivity contribution < 1.29 is 14.2 Å². The summed E-state index contributed by atoms with van der Waals surface area (Å²) in [6.07, 6.45) is 1.80. The van der Waals surface area contributed by atoms with Crippen LogP contribution in [-0.4, -0.2) is 76.2 Å². The van der Waals surface area contributed by atoms with Crippen LogP contribution < -0.4 is 10.6 Å². The third-order valence-corrected chi connectivity index (χ3v) is 5.78. The highest BCUT2D eigenvalue weighted by molar-refractivity contribution is 5.79. The lowest BCUT2D eigenvalue weighted by molar-refractivity contribution is -0.0855. The van der Waals surface area contributed by atoms with E-state index >= 15 is 0 Å². The van der Waals surface area contributed by atoms with Crippen LogP contribution in [0.2, 0.25) is 0 Å². The van der Waals surface area contributed by atoms with E-state index in [4.69, 9.17) is 19.2 Å². The molecule has 0 unspecified atom stereocenters. The Hall–Kier alpha value is -1.67. The molecule has 0 saturated carbocycles. The van der Waals surface area contributed by atoms with Crippen molar-refractivity contribution >= 4 is 5.96 Å². The van der Waals surface area contributed by atoms with E-state index < -0.39 is 0 Å². The van der Waals surface area contributed by atoms with Crippen LogP contribution in [0.4, 0.5) is 0 Å². The van der Waals surface area contributed by atoms with Crippen LogP contribution in [0, 0.1) is 0 Å². The molecule has 162 valence electrons. The summed E-state index contributed by atoms with van der Waals surface area (Å²) in [6, 6.07) is 8.59. The Morgan fingerprint density at radius 2 is 1.76 bits per heavy atom. The molecule has 2 heterocycles. The summed E-state index contributed by atoms with van der Waals surface area (Å²) in [5.41, 5.74) is 2.43. The first-order chi connectivity index (χ1) is 14.2. The van der Waals surface area contributed by atoms with Gasteiger partial charge in [-0.2, -0.15) is 0 Å². The number of methoxy groups -OCH3 is 1. The Morgan fingerprint density at radius 3 is 2.45 bits per heavy atom. The van der Waals surface area contributed by atoms with Crippen molar-refractivity contribution in [3.8, 4) is 0 Å². The number of rotatable bonds is 8. The Morgan fingerprint density at radius 1 is 1.07 bits per heavy atom. The topological polar surface area (TPSA) is 67.4 Å². The number of benzene rings is 1. The normalized spacial score (nSPS) is 20.4. The number of nitrogens with zero attached hydrogens (tertiary/aromatic N) is 2. The molecule has 7 nitrogen and oxygen atoms in total. The Labute approximate surface area is 174 Å². The fraction of sp³-hybridized carbons (Fsp3) is 0.682.